The molecule has 0 bridgehead atoms. The highest BCUT2D eigenvalue weighted by atomic mass is 16.6. The molecule has 2 aliphatic rings. The van der Waals surface area contributed by atoms with Crippen LogP contribution in [0.25, 0.3) is 0 Å². The van der Waals surface area contributed by atoms with Crippen LogP contribution in [0.1, 0.15) is 49.3 Å². The fourth-order valence-corrected chi connectivity index (χ4v) is 3.07. The predicted molar refractivity (Wildman–Crippen MR) is 113 cm³/mol. The average Bonchev–Trinajstić information content (AvgIpc) is 2.68. The zero-order chi connectivity index (χ0) is 21.9. The van der Waals surface area contributed by atoms with Crippen LogP contribution in [-0.4, -0.2) is 54.7 Å². The lowest BCUT2D eigenvalue weighted by Crippen LogP contribution is -2.44. The Balaban J connectivity index is 0. The molecule has 29 heavy (non-hydrogen) atoms. The van der Waals surface area contributed by atoms with Crippen LogP contribution >= 0.6 is 0 Å². The number of nitrogens with zero attached hydrogens (tertiary/aromatic N) is 1. The van der Waals surface area contributed by atoms with E-state index in [1.807, 2.05) is 20.8 Å². The van der Waals surface area contributed by atoms with Crippen molar-refractivity contribution in [1.82, 2.24) is 10.2 Å². The Hall–Kier alpha value is -2.35. The van der Waals surface area contributed by atoms with Crippen molar-refractivity contribution in [2.24, 2.45) is 11.8 Å². The summed E-state index contributed by atoms with van der Waals surface area (Å²) in [5.41, 5.74) is -0.522. The maximum Gasteiger partial charge on any atom is 0.410 e. The molecule has 1 N–H and O–H groups in total. The molecule has 2 atom stereocenters. The number of carbonyl (C=O) groups excluding carboxylic acids is 3. The van der Waals surface area contributed by atoms with Gasteiger partial charge in [0.2, 0.25) is 0 Å². The number of hydrogen-bond donors (Lipinski definition) is 1. The van der Waals surface area contributed by atoms with Gasteiger partial charge in [-0.3, -0.25) is 9.59 Å². The summed E-state index contributed by atoms with van der Waals surface area (Å²) >= 11 is 0. The molecule has 2 rings (SSSR count). The molecule has 0 aromatic carbocycles. The van der Waals surface area contributed by atoms with E-state index in [-0.39, 0.29) is 32.7 Å². The highest BCUT2D eigenvalue weighted by Gasteiger charge is 2.31. The molecule has 2 saturated heterocycles. The number of esters is 2. The fourth-order valence-electron chi connectivity index (χ4n) is 3.07. The number of likely N-dealkylation sites (tertiary alicyclic amines) is 1. The first-order chi connectivity index (χ1) is 13.7. The molecule has 0 aliphatic carbocycles. The van der Waals surface area contributed by atoms with Crippen LogP contribution in [0, 0.1) is 11.8 Å². The van der Waals surface area contributed by atoms with Gasteiger partial charge in [0.25, 0.3) is 0 Å². The molecule has 8 nitrogen and oxygen atoms in total. The lowest BCUT2D eigenvalue weighted by molar-refractivity contribution is -0.144. The second kappa shape index (κ2) is 12.3. The van der Waals surface area contributed by atoms with Crippen LogP contribution in [0.15, 0.2) is 25.7 Å². The molecule has 0 aromatic heterocycles. The molecule has 1 amide bonds. The minimum atomic E-state index is -0.522. The number of piperidine rings is 2. The second-order valence-corrected chi connectivity index (χ2v) is 8.02. The molecular weight excluding hydrogens is 376 g/mol. The third-order valence-electron chi connectivity index (χ3n) is 4.44. The SMILES string of the molecule is C=COC(=O)C1CCCN(C(=O)OC(C)(C)C)C1.C=COC(=O)C1CCCNC1.[HH].[HH]. The van der Waals surface area contributed by atoms with Gasteiger partial charge in [0, 0.05) is 22.5 Å². The number of rotatable bonds is 4. The molecule has 2 unspecified atom stereocenters. The van der Waals surface area contributed by atoms with Gasteiger partial charge in [-0.25, -0.2) is 4.79 Å². The first-order valence-electron chi connectivity index (χ1n) is 9.99. The summed E-state index contributed by atoms with van der Waals surface area (Å²) in [7, 11) is 0. The van der Waals surface area contributed by atoms with Gasteiger partial charge in [-0.05, 0) is 53.0 Å². The first-order valence-corrected chi connectivity index (χ1v) is 9.99. The molecule has 2 fully saturated rings. The Morgan fingerprint density at radius 3 is 2.14 bits per heavy atom. The lowest BCUT2D eigenvalue weighted by Gasteiger charge is -2.32. The van der Waals surface area contributed by atoms with Gasteiger partial charge >= 0.3 is 18.0 Å². The van der Waals surface area contributed by atoms with E-state index in [1.165, 1.54) is 6.26 Å². The van der Waals surface area contributed by atoms with Gasteiger partial charge in [-0.15, -0.1) is 0 Å². The number of nitrogens with one attached hydrogen (secondary N) is 1. The molecular formula is C21H38N2O6. The first kappa shape index (κ1) is 24.7. The van der Waals surface area contributed by atoms with Crippen LogP contribution in [0.5, 0.6) is 0 Å². The van der Waals surface area contributed by atoms with E-state index < -0.39 is 5.60 Å². The molecule has 168 valence electrons. The quantitative estimate of drug-likeness (QED) is 0.427. The second-order valence-electron chi connectivity index (χ2n) is 8.02. The normalized spacial score (nSPS) is 21.7. The highest BCUT2D eigenvalue weighted by Crippen LogP contribution is 2.20. The largest absolute Gasteiger partial charge is 0.444 e. The zero-order valence-corrected chi connectivity index (χ0v) is 17.8. The maximum atomic E-state index is 11.9. The van der Waals surface area contributed by atoms with Crippen LogP contribution < -0.4 is 5.32 Å². The van der Waals surface area contributed by atoms with E-state index in [9.17, 15) is 14.4 Å². The van der Waals surface area contributed by atoms with E-state index in [2.05, 4.69) is 23.2 Å². The van der Waals surface area contributed by atoms with Crippen LogP contribution in [-0.2, 0) is 23.8 Å². The smallest absolute Gasteiger partial charge is 0.410 e. The third kappa shape index (κ3) is 9.60. The Kier molecular flexibility index (Phi) is 10.4. The predicted octanol–water partition coefficient (Wildman–Crippen LogP) is 3.48. The van der Waals surface area contributed by atoms with E-state index >= 15 is 0 Å². The summed E-state index contributed by atoms with van der Waals surface area (Å²) in [4.78, 5) is 36.1. The Morgan fingerprint density at radius 2 is 1.62 bits per heavy atom. The van der Waals surface area contributed by atoms with Crippen molar-refractivity contribution in [3.05, 3.63) is 25.7 Å². The van der Waals surface area contributed by atoms with Gasteiger partial charge in [-0.2, -0.15) is 0 Å². The van der Waals surface area contributed by atoms with Crippen molar-refractivity contribution in [1.29, 1.82) is 0 Å². The van der Waals surface area contributed by atoms with Gasteiger partial charge in [0.05, 0.1) is 24.4 Å². The van der Waals surface area contributed by atoms with E-state index in [4.69, 9.17) is 9.47 Å². The zero-order valence-electron chi connectivity index (χ0n) is 17.8. The Morgan fingerprint density at radius 1 is 1.03 bits per heavy atom. The monoisotopic (exact) mass is 414 g/mol. The van der Waals surface area contributed by atoms with Crippen molar-refractivity contribution in [2.75, 3.05) is 26.2 Å². The molecule has 2 heterocycles. The third-order valence-corrected chi connectivity index (χ3v) is 4.44. The number of ether oxygens (including phenoxy) is 3. The molecule has 0 radical (unpaired) electrons. The van der Waals surface area contributed by atoms with Crippen molar-refractivity contribution in [2.45, 2.75) is 52.1 Å². The van der Waals surface area contributed by atoms with Crippen LogP contribution in [0.3, 0.4) is 0 Å². The summed E-state index contributed by atoms with van der Waals surface area (Å²) in [5, 5.41) is 3.14. The Bertz CT molecular complexity index is 589. The lowest BCUT2D eigenvalue weighted by atomic mass is 9.99. The summed E-state index contributed by atoms with van der Waals surface area (Å²) in [6.45, 7) is 14.9. The van der Waals surface area contributed by atoms with Gasteiger partial charge in [0.1, 0.15) is 5.60 Å². The van der Waals surface area contributed by atoms with E-state index in [0.29, 0.717) is 13.1 Å². The topological polar surface area (TPSA) is 94.2 Å². The van der Waals surface area contributed by atoms with E-state index in [1.54, 1.807) is 4.90 Å². The van der Waals surface area contributed by atoms with Gasteiger partial charge in [-0.1, -0.05) is 13.2 Å². The van der Waals surface area contributed by atoms with E-state index in [0.717, 1.165) is 45.0 Å². The maximum absolute atomic E-state index is 11.9. The standard InChI is InChI=1S/C13H21NO4.C8H13NO2.2H2/c1-5-17-11(15)10-7-6-8-14(9-10)12(16)18-13(2,3)4;1-2-11-8(10)7-4-3-5-9-6-7;;/h5,10H,1,6-9H2,2-4H3;2,7,9H,1,3-6H2;2*1H. The Labute approximate surface area is 176 Å². The summed E-state index contributed by atoms with van der Waals surface area (Å²) < 4.78 is 14.7. The van der Waals surface area contributed by atoms with Crippen molar-refractivity contribution in [3.63, 3.8) is 0 Å². The molecule has 0 spiro atoms. The minimum Gasteiger partial charge on any atom is -0.444 e. The molecule has 8 heteroatoms. The number of hydrogen-bond acceptors (Lipinski definition) is 7. The van der Waals surface area contributed by atoms with Crippen molar-refractivity contribution in [3.8, 4) is 0 Å². The molecule has 2 aliphatic heterocycles. The summed E-state index contributed by atoms with van der Waals surface area (Å²) in [6.07, 6.45) is 5.42. The van der Waals surface area contributed by atoms with Crippen molar-refractivity contribution < 1.29 is 31.4 Å². The number of amides is 1. The van der Waals surface area contributed by atoms with Crippen LogP contribution in [0.4, 0.5) is 4.79 Å². The van der Waals surface area contributed by atoms with Gasteiger partial charge in [0.15, 0.2) is 0 Å². The van der Waals surface area contributed by atoms with Crippen LogP contribution in [0.2, 0.25) is 0 Å². The summed E-state index contributed by atoms with van der Waals surface area (Å²) in [5.74, 6) is -0.753. The highest BCUT2D eigenvalue weighted by molar-refractivity contribution is 5.75. The number of carbonyl (C=O) groups is 3. The minimum absolute atomic E-state index is 0. The molecule has 0 saturated carbocycles. The average molecular weight is 415 g/mol. The van der Waals surface area contributed by atoms with Gasteiger partial charge < -0.3 is 24.4 Å². The van der Waals surface area contributed by atoms with Crippen molar-refractivity contribution >= 4 is 18.0 Å². The fraction of sp³-hybridized carbons (Fsp3) is 0.667. The molecule has 0 aromatic rings. The summed E-state index contributed by atoms with van der Waals surface area (Å²) in [6, 6.07) is 0.